The van der Waals surface area contributed by atoms with Crippen molar-refractivity contribution in [2.45, 2.75) is 104 Å². The van der Waals surface area contributed by atoms with Crippen LogP contribution in [0.4, 0.5) is 9.59 Å². The van der Waals surface area contributed by atoms with Crippen molar-refractivity contribution >= 4 is 35.3 Å². The summed E-state index contributed by atoms with van der Waals surface area (Å²) >= 11 is 0. The molecule has 5 rings (SSSR count). The molecule has 4 heterocycles. The van der Waals surface area contributed by atoms with Crippen LogP contribution in [0.2, 0.25) is 0 Å². The molecular formula is C38H49N5O8. The molecule has 2 aliphatic heterocycles. The molecule has 0 saturated carbocycles. The minimum atomic E-state index is -1.91. The predicted molar refractivity (Wildman–Crippen MR) is 193 cm³/mol. The number of carbonyl (C=O) groups is 3. The van der Waals surface area contributed by atoms with Crippen LogP contribution in [0.25, 0.3) is 22.3 Å². The smallest absolute Gasteiger partial charge is 0.410 e. The summed E-state index contributed by atoms with van der Waals surface area (Å²) in [5.41, 5.74) is 0.588. The lowest BCUT2D eigenvalue weighted by Crippen LogP contribution is -2.44. The third kappa shape index (κ3) is 8.41. The van der Waals surface area contributed by atoms with Crippen molar-refractivity contribution in [2.75, 3.05) is 26.2 Å². The van der Waals surface area contributed by atoms with Crippen molar-refractivity contribution in [3.05, 3.63) is 62.9 Å². The summed E-state index contributed by atoms with van der Waals surface area (Å²) in [4.78, 5) is 62.7. The minimum Gasteiger partial charge on any atom is -0.458 e. The zero-order chi connectivity index (χ0) is 37.1. The third-order valence-electron chi connectivity index (χ3n) is 8.75. The topological polar surface area (TPSA) is 162 Å². The van der Waals surface area contributed by atoms with Gasteiger partial charge in [0.05, 0.1) is 29.0 Å². The maximum atomic E-state index is 13.7. The number of alkyl carbamates (subject to hydrolysis) is 1. The van der Waals surface area contributed by atoms with Gasteiger partial charge in [0, 0.05) is 54.5 Å². The maximum Gasteiger partial charge on any atom is 0.410 e. The van der Waals surface area contributed by atoms with E-state index < -0.39 is 35.0 Å². The fourth-order valence-corrected chi connectivity index (χ4v) is 6.27. The number of cyclic esters (lactones) is 1. The summed E-state index contributed by atoms with van der Waals surface area (Å²) in [5, 5.41) is 14.9. The summed E-state index contributed by atoms with van der Waals surface area (Å²) in [5.74, 6) is -0.764. The zero-order valence-corrected chi connectivity index (χ0v) is 30.6. The Labute approximate surface area is 298 Å². The molecule has 0 unspecified atom stereocenters. The number of pyridine rings is 2. The Morgan fingerprint density at radius 1 is 1.06 bits per heavy atom. The van der Waals surface area contributed by atoms with Gasteiger partial charge in [0.2, 0.25) is 0 Å². The van der Waals surface area contributed by atoms with Crippen molar-refractivity contribution in [1.82, 2.24) is 19.8 Å². The number of rotatable bonds is 11. The summed E-state index contributed by atoms with van der Waals surface area (Å²) in [6.07, 6.45) is 2.88. The standard InChI is InChI=1S/C38H49N5O8/c1-8-38(48)28-20-30-31-26(22-43(30)32(44)27(28)23-49-33(38)45)25(24-14-9-10-15-29(24)41-31)21-39-16-13-19-42(35(47)51-37(5,6)7)18-12-11-17-40-34(46)50-36(2,3)4/h9-10,14-15,20-21,48H,8,11-13,16-19,22-23H2,1-7H3,(H,40,46)/t38-/m0/s1. The van der Waals surface area contributed by atoms with Crippen LogP contribution in [-0.4, -0.2) is 81.3 Å². The first-order chi connectivity index (χ1) is 24.0. The molecule has 1 atom stereocenters. The summed E-state index contributed by atoms with van der Waals surface area (Å²) in [6, 6.07) is 9.38. The van der Waals surface area contributed by atoms with Crippen molar-refractivity contribution in [3.63, 3.8) is 0 Å². The first-order valence-corrected chi connectivity index (χ1v) is 17.6. The average Bonchev–Trinajstić information content (AvgIpc) is 3.42. The van der Waals surface area contributed by atoms with Gasteiger partial charge < -0.3 is 34.1 Å². The van der Waals surface area contributed by atoms with Crippen molar-refractivity contribution in [1.29, 1.82) is 0 Å². The Morgan fingerprint density at radius 2 is 1.76 bits per heavy atom. The number of carbonyl (C=O) groups excluding carboxylic acids is 3. The van der Waals surface area contributed by atoms with Crippen LogP contribution in [0.3, 0.4) is 0 Å². The molecule has 13 heteroatoms. The molecule has 3 aromatic rings. The summed E-state index contributed by atoms with van der Waals surface area (Å²) < 4.78 is 17.8. The highest BCUT2D eigenvalue weighted by atomic mass is 16.6. The van der Waals surface area contributed by atoms with Gasteiger partial charge in [-0.2, -0.15) is 0 Å². The molecule has 2 amide bonds. The van der Waals surface area contributed by atoms with E-state index in [4.69, 9.17) is 24.2 Å². The molecule has 13 nitrogen and oxygen atoms in total. The number of aliphatic imine (C=N–C) groups is 1. The van der Waals surface area contributed by atoms with E-state index in [1.165, 1.54) is 0 Å². The molecule has 0 bridgehead atoms. The Morgan fingerprint density at radius 3 is 2.47 bits per heavy atom. The highest BCUT2D eigenvalue weighted by Gasteiger charge is 2.45. The number of nitrogens with one attached hydrogen (secondary N) is 1. The Balaban J connectivity index is 1.31. The lowest BCUT2D eigenvalue weighted by Gasteiger charge is -2.31. The van der Waals surface area contributed by atoms with E-state index in [-0.39, 0.29) is 36.3 Å². The molecule has 2 aliphatic rings. The van der Waals surface area contributed by atoms with E-state index in [1.807, 2.05) is 65.8 Å². The van der Waals surface area contributed by atoms with Crippen LogP contribution in [0.5, 0.6) is 0 Å². The van der Waals surface area contributed by atoms with Crippen LogP contribution < -0.4 is 10.9 Å². The van der Waals surface area contributed by atoms with E-state index in [0.29, 0.717) is 56.8 Å². The molecule has 1 aromatic carbocycles. The lowest BCUT2D eigenvalue weighted by atomic mass is 9.86. The number of esters is 1. The molecule has 0 spiro atoms. The lowest BCUT2D eigenvalue weighted by molar-refractivity contribution is -0.172. The van der Waals surface area contributed by atoms with E-state index in [9.17, 15) is 24.3 Å². The second-order valence-electron chi connectivity index (χ2n) is 15.0. The Hall–Kier alpha value is -4.78. The van der Waals surface area contributed by atoms with Crippen LogP contribution in [0.15, 0.2) is 40.1 Å². The SMILES string of the molecule is CC[C@@]1(O)C(=O)OCc2c1cc1n(c2=O)Cc2c-1nc1ccccc1c2C=NCCCN(CCCCNC(=O)OC(C)(C)C)C(=O)OC(C)(C)C. The monoisotopic (exact) mass is 703 g/mol. The number of para-hydroxylation sites is 1. The Kier molecular flexibility index (Phi) is 10.9. The minimum absolute atomic E-state index is 0.0638. The van der Waals surface area contributed by atoms with E-state index in [0.717, 1.165) is 22.0 Å². The van der Waals surface area contributed by atoms with Crippen LogP contribution in [-0.2, 0) is 37.8 Å². The number of hydrogen-bond acceptors (Lipinski definition) is 10. The highest BCUT2D eigenvalue weighted by Crippen LogP contribution is 2.39. The number of benzene rings is 1. The fraction of sp³-hybridized carbons (Fsp3) is 0.526. The number of amides is 2. The Bertz CT molecular complexity index is 1910. The van der Waals surface area contributed by atoms with Gasteiger partial charge in [-0.25, -0.2) is 19.4 Å². The number of ether oxygens (including phenoxy) is 3. The number of nitrogens with zero attached hydrogens (tertiary/aromatic N) is 4. The highest BCUT2D eigenvalue weighted by molar-refractivity contribution is 6.02. The van der Waals surface area contributed by atoms with E-state index in [1.54, 1.807) is 28.7 Å². The first-order valence-electron chi connectivity index (χ1n) is 17.6. The second kappa shape index (κ2) is 14.8. The van der Waals surface area contributed by atoms with Crippen LogP contribution in [0, 0.1) is 0 Å². The van der Waals surface area contributed by atoms with Gasteiger partial charge >= 0.3 is 18.2 Å². The summed E-state index contributed by atoms with van der Waals surface area (Å²) in [6.45, 7) is 14.4. The molecule has 0 saturated heterocycles. The van der Waals surface area contributed by atoms with Gasteiger partial charge in [0.25, 0.3) is 5.56 Å². The number of aliphatic hydroxyl groups is 1. The second-order valence-corrected chi connectivity index (χ2v) is 15.0. The largest absolute Gasteiger partial charge is 0.458 e. The number of aromatic nitrogens is 2. The average molecular weight is 704 g/mol. The van der Waals surface area contributed by atoms with Gasteiger partial charge in [-0.15, -0.1) is 0 Å². The van der Waals surface area contributed by atoms with Gasteiger partial charge in [-0.3, -0.25) is 9.79 Å². The molecule has 274 valence electrons. The molecule has 0 radical (unpaired) electrons. The van der Waals surface area contributed by atoms with Gasteiger partial charge in [-0.05, 0) is 79.4 Å². The van der Waals surface area contributed by atoms with Crippen molar-refractivity contribution in [3.8, 4) is 11.4 Å². The van der Waals surface area contributed by atoms with Crippen molar-refractivity contribution in [2.24, 2.45) is 4.99 Å². The number of fused-ring (bicyclic) bond motifs is 5. The first kappa shape index (κ1) is 37.5. The van der Waals surface area contributed by atoms with Gasteiger partial charge in [0.15, 0.2) is 5.60 Å². The maximum absolute atomic E-state index is 13.7. The van der Waals surface area contributed by atoms with E-state index >= 15 is 0 Å². The summed E-state index contributed by atoms with van der Waals surface area (Å²) in [7, 11) is 0. The third-order valence-corrected chi connectivity index (χ3v) is 8.75. The number of hydrogen-bond donors (Lipinski definition) is 2. The predicted octanol–water partition coefficient (Wildman–Crippen LogP) is 5.43. The molecule has 0 aliphatic carbocycles. The quantitative estimate of drug-likeness (QED) is 0.0898. The van der Waals surface area contributed by atoms with Gasteiger partial charge in [0.1, 0.15) is 17.8 Å². The molecular weight excluding hydrogens is 654 g/mol. The zero-order valence-electron chi connectivity index (χ0n) is 30.6. The van der Waals surface area contributed by atoms with Crippen LogP contribution >= 0.6 is 0 Å². The molecule has 2 aromatic heterocycles. The van der Waals surface area contributed by atoms with E-state index in [2.05, 4.69) is 5.32 Å². The normalized spacial score (nSPS) is 16.7. The van der Waals surface area contributed by atoms with Crippen molar-refractivity contribution < 1.29 is 33.7 Å². The molecule has 2 N–H and O–H groups in total. The fourth-order valence-electron chi connectivity index (χ4n) is 6.27. The van der Waals surface area contributed by atoms with Gasteiger partial charge in [-0.1, -0.05) is 25.1 Å². The molecule has 51 heavy (non-hydrogen) atoms. The number of unbranched alkanes of at least 4 members (excludes halogenated alkanes) is 1. The van der Waals surface area contributed by atoms with Crippen LogP contribution in [0.1, 0.15) is 96.4 Å². The molecule has 0 fully saturated rings.